The minimum absolute atomic E-state index is 0.0963. The van der Waals surface area contributed by atoms with Crippen molar-refractivity contribution in [3.05, 3.63) is 71.3 Å². The van der Waals surface area contributed by atoms with E-state index in [0.717, 1.165) is 6.07 Å². The van der Waals surface area contributed by atoms with Gasteiger partial charge in [0, 0.05) is 18.2 Å². The fourth-order valence-corrected chi connectivity index (χ4v) is 2.79. The van der Waals surface area contributed by atoms with Crippen LogP contribution < -0.4 is 5.32 Å². The lowest BCUT2D eigenvalue weighted by atomic mass is 9.99. The molecule has 0 aliphatic heterocycles. The summed E-state index contributed by atoms with van der Waals surface area (Å²) in [7, 11) is 0. The highest BCUT2D eigenvalue weighted by Crippen LogP contribution is 2.42. The van der Waals surface area contributed by atoms with Crippen molar-refractivity contribution in [3.8, 4) is 0 Å². The van der Waals surface area contributed by atoms with Crippen LogP contribution in [-0.4, -0.2) is 0 Å². The summed E-state index contributed by atoms with van der Waals surface area (Å²) in [6, 6.07) is 14.1. The lowest BCUT2D eigenvalue weighted by Crippen LogP contribution is -2.26. The highest BCUT2D eigenvalue weighted by atomic mass is 19.1. The Labute approximate surface area is 124 Å². The molecule has 110 valence electrons. The quantitative estimate of drug-likeness (QED) is 0.835. The first kappa shape index (κ1) is 14.2. The highest BCUT2D eigenvalue weighted by Gasteiger charge is 2.33. The van der Waals surface area contributed by atoms with Crippen LogP contribution in [0.5, 0.6) is 0 Å². The van der Waals surface area contributed by atoms with Crippen LogP contribution in [0.4, 0.5) is 8.78 Å². The third-order valence-electron chi connectivity index (χ3n) is 4.07. The molecule has 21 heavy (non-hydrogen) atoms. The van der Waals surface area contributed by atoms with Gasteiger partial charge in [0.25, 0.3) is 0 Å². The Balaban J connectivity index is 1.79. The normalized spacial score (nSPS) is 17.5. The van der Waals surface area contributed by atoms with E-state index < -0.39 is 11.6 Å². The molecule has 0 aromatic heterocycles. The van der Waals surface area contributed by atoms with Gasteiger partial charge in [-0.15, -0.1) is 0 Å². The lowest BCUT2D eigenvalue weighted by Gasteiger charge is -2.24. The van der Waals surface area contributed by atoms with Gasteiger partial charge >= 0.3 is 0 Å². The molecule has 0 radical (unpaired) electrons. The van der Waals surface area contributed by atoms with Crippen LogP contribution >= 0.6 is 0 Å². The first-order chi connectivity index (χ1) is 10.1. The Morgan fingerprint density at radius 3 is 2.14 bits per heavy atom. The monoisotopic (exact) mass is 287 g/mol. The molecule has 2 aromatic carbocycles. The van der Waals surface area contributed by atoms with Crippen molar-refractivity contribution in [2.45, 2.75) is 31.8 Å². The molecule has 1 saturated carbocycles. The highest BCUT2D eigenvalue weighted by molar-refractivity contribution is 5.24. The smallest absolute Gasteiger partial charge is 0.126 e. The minimum atomic E-state index is -0.527. The molecule has 0 heterocycles. The third-order valence-corrected chi connectivity index (χ3v) is 4.07. The predicted octanol–water partition coefficient (Wildman–Crippen LogP) is 4.77. The van der Waals surface area contributed by atoms with Crippen LogP contribution in [0.3, 0.4) is 0 Å². The second-order valence-corrected chi connectivity index (χ2v) is 5.82. The van der Waals surface area contributed by atoms with E-state index in [4.69, 9.17) is 0 Å². The summed E-state index contributed by atoms with van der Waals surface area (Å²) in [5.74, 6) is -0.434. The summed E-state index contributed by atoms with van der Waals surface area (Å²) in [6.07, 6.45) is 2.41. The average Bonchev–Trinajstić information content (AvgIpc) is 3.29. The maximum Gasteiger partial charge on any atom is 0.126 e. The van der Waals surface area contributed by atoms with Crippen LogP contribution in [0, 0.1) is 17.6 Å². The second kappa shape index (κ2) is 5.94. The molecule has 0 amide bonds. The van der Waals surface area contributed by atoms with Gasteiger partial charge in [-0.2, -0.15) is 0 Å². The van der Waals surface area contributed by atoms with E-state index in [9.17, 15) is 8.78 Å². The summed E-state index contributed by atoms with van der Waals surface area (Å²) in [4.78, 5) is 0. The maximum atomic E-state index is 13.4. The van der Waals surface area contributed by atoms with Gasteiger partial charge in [0.1, 0.15) is 11.6 Å². The van der Waals surface area contributed by atoms with Gasteiger partial charge in [-0.1, -0.05) is 30.3 Å². The van der Waals surface area contributed by atoms with Crippen molar-refractivity contribution in [1.82, 2.24) is 5.32 Å². The number of nitrogens with one attached hydrogen (secondary N) is 1. The van der Waals surface area contributed by atoms with E-state index in [1.807, 2.05) is 25.1 Å². The number of rotatable bonds is 5. The van der Waals surface area contributed by atoms with Crippen LogP contribution in [0.1, 0.15) is 43.0 Å². The summed E-state index contributed by atoms with van der Waals surface area (Å²) >= 11 is 0. The lowest BCUT2D eigenvalue weighted by molar-refractivity contribution is 0.425. The Kier molecular flexibility index (Phi) is 4.02. The van der Waals surface area contributed by atoms with Crippen LogP contribution in [-0.2, 0) is 0 Å². The Morgan fingerprint density at radius 1 is 0.952 bits per heavy atom. The van der Waals surface area contributed by atoms with Gasteiger partial charge in [-0.05, 0) is 48.9 Å². The number of halogens is 2. The molecule has 0 bridgehead atoms. The minimum Gasteiger partial charge on any atom is -0.303 e. The standard InChI is InChI=1S/C18H19F2N/c1-12(15-9-16(19)11-17(20)10-15)21-18(14-7-8-14)13-5-3-2-4-6-13/h2-6,9-12,14,18,21H,7-8H2,1H3. The molecule has 1 fully saturated rings. The average molecular weight is 287 g/mol. The van der Waals surface area contributed by atoms with Gasteiger partial charge < -0.3 is 5.32 Å². The molecule has 3 heteroatoms. The van der Waals surface area contributed by atoms with Crippen molar-refractivity contribution < 1.29 is 8.78 Å². The zero-order valence-electron chi connectivity index (χ0n) is 12.0. The van der Waals surface area contributed by atoms with E-state index >= 15 is 0 Å². The molecule has 3 rings (SSSR count). The predicted molar refractivity (Wildman–Crippen MR) is 79.8 cm³/mol. The Hall–Kier alpha value is -1.74. The zero-order valence-corrected chi connectivity index (χ0v) is 12.0. The van der Waals surface area contributed by atoms with Gasteiger partial charge in [0.2, 0.25) is 0 Å². The summed E-state index contributed by atoms with van der Waals surface area (Å²) < 4.78 is 26.7. The van der Waals surface area contributed by atoms with E-state index in [1.165, 1.54) is 30.5 Å². The second-order valence-electron chi connectivity index (χ2n) is 5.82. The molecule has 2 unspecified atom stereocenters. The fourth-order valence-electron chi connectivity index (χ4n) is 2.79. The molecule has 1 N–H and O–H groups in total. The zero-order chi connectivity index (χ0) is 14.8. The first-order valence-corrected chi connectivity index (χ1v) is 7.40. The van der Waals surface area contributed by atoms with Gasteiger partial charge in [0.05, 0.1) is 0 Å². The SMILES string of the molecule is CC(NC(c1ccccc1)C1CC1)c1cc(F)cc(F)c1. The number of hydrogen-bond donors (Lipinski definition) is 1. The molecule has 0 spiro atoms. The van der Waals surface area contributed by atoms with Crippen molar-refractivity contribution in [3.63, 3.8) is 0 Å². The molecule has 1 aliphatic carbocycles. The summed E-state index contributed by atoms with van der Waals surface area (Å²) in [5, 5.41) is 3.53. The molecular formula is C18H19F2N. The van der Waals surface area contributed by atoms with E-state index in [0.29, 0.717) is 11.5 Å². The van der Waals surface area contributed by atoms with E-state index in [1.54, 1.807) is 0 Å². The maximum absolute atomic E-state index is 13.4. The van der Waals surface area contributed by atoms with Crippen molar-refractivity contribution in [2.24, 2.45) is 5.92 Å². The largest absolute Gasteiger partial charge is 0.303 e. The molecule has 0 saturated heterocycles. The van der Waals surface area contributed by atoms with Crippen molar-refractivity contribution in [1.29, 1.82) is 0 Å². The first-order valence-electron chi connectivity index (χ1n) is 7.40. The van der Waals surface area contributed by atoms with Gasteiger partial charge in [0.15, 0.2) is 0 Å². The third kappa shape index (κ3) is 3.48. The van der Waals surface area contributed by atoms with E-state index in [2.05, 4.69) is 17.4 Å². The molecule has 2 aromatic rings. The topological polar surface area (TPSA) is 12.0 Å². The van der Waals surface area contributed by atoms with Crippen LogP contribution in [0.15, 0.2) is 48.5 Å². The van der Waals surface area contributed by atoms with Crippen molar-refractivity contribution >= 4 is 0 Å². The van der Waals surface area contributed by atoms with Crippen molar-refractivity contribution in [2.75, 3.05) is 0 Å². The fraction of sp³-hybridized carbons (Fsp3) is 0.333. The molecule has 2 atom stereocenters. The summed E-state index contributed by atoms with van der Waals surface area (Å²) in [6.45, 7) is 1.95. The number of hydrogen-bond acceptors (Lipinski definition) is 1. The summed E-state index contributed by atoms with van der Waals surface area (Å²) in [5.41, 5.74) is 1.89. The number of benzene rings is 2. The molecular weight excluding hydrogens is 268 g/mol. The van der Waals surface area contributed by atoms with Crippen LogP contribution in [0.2, 0.25) is 0 Å². The van der Waals surface area contributed by atoms with E-state index in [-0.39, 0.29) is 12.1 Å². The molecule has 1 aliphatic rings. The van der Waals surface area contributed by atoms with Gasteiger partial charge in [-0.3, -0.25) is 0 Å². The molecule has 1 nitrogen and oxygen atoms in total. The Morgan fingerprint density at radius 2 is 1.57 bits per heavy atom. The van der Waals surface area contributed by atoms with Gasteiger partial charge in [-0.25, -0.2) is 8.78 Å². The Bertz CT molecular complexity index is 588. The van der Waals surface area contributed by atoms with Crippen LogP contribution in [0.25, 0.3) is 0 Å².